The zero-order chi connectivity index (χ0) is 21.3. The van der Waals surface area contributed by atoms with Crippen LogP contribution in [0.3, 0.4) is 0 Å². The molecule has 158 valence electrons. The Morgan fingerprint density at radius 2 is 1.80 bits per heavy atom. The molecule has 4 rings (SSSR count). The van der Waals surface area contributed by atoms with Crippen molar-refractivity contribution in [2.75, 3.05) is 27.9 Å². The Hall–Kier alpha value is -3.06. The van der Waals surface area contributed by atoms with Crippen molar-refractivity contribution >= 4 is 5.71 Å². The third-order valence-electron chi connectivity index (χ3n) is 5.51. The van der Waals surface area contributed by atoms with Gasteiger partial charge in [0.2, 0.25) is 0 Å². The minimum atomic E-state index is -0.490. The monoisotopic (exact) mass is 410 g/mol. The number of rotatable bonds is 6. The van der Waals surface area contributed by atoms with Gasteiger partial charge in [-0.15, -0.1) is 0 Å². The maximum Gasteiger partial charge on any atom is 0.256 e. The van der Waals surface area contributed by atoms with Gasteiger partial charge in [-0.3, -0.25) is 4.99 Å². The predicted octanol–water partition coefficient (Wildman–Crippen LogP) is 3.13. The molecule has 0 spiro atoms. The van der Waals surface area contributed by atoms with Crippen LogP contribution < -0.4 is 18.9 Å². The first-order chi connectivity index (χ1) is 14.6. The Balaban J connectivity index is 1.91. The standard InChI is InChI=1S/C23H26N2O5/c1-5-30-20-10-15-16-9-14(26)6-7-18(16)25-22(17(15)11-19(20)27-2)13-8-21(28-3)23(29-4)24-12-13/h6-8,10-12,14,16,18,26H,5,9H2,1-4H3/t14-,16+,18+/m0/s1. The summed E-state index contributed by atoms with van der Waals surface area (Å²) in [6, 6.07) is 5.77. The second-order valence-corrected chi connectivity index (χ2v) is 7.22. The van der Waals surface area contributed by atoms with Gasteiger partial charge in [0.05, 0.1) is 45.8 Å². The molecule has 0 unspecified atom stereocenters. The molecule has 0 radical (unpaired) electrons. The van der Waals surface area contributed by atoms with Crippen molar-refractivity contribution in [2.45, 2.75) is 31.4 Å². The van der Waals surface area contributed by atoms with Crippen LogP contribution in [0.15, 0.2) is 41.5 Å². The molecule has 2 aromatic rings. The largest absolute Gasteiger partial charge is 0.493 e. The summed E-state index contributed by atoms with van der Waals surface area (Å²) in [7, 11) is 4.76. The zero-order valence-corrected chi connectivity index (χ0v) is 17.6. The minimum Gasteiger partial charge on any atom is -0.493 e. The summed E-state index contributed by atoms with van der Waals surface area (Å²) in [4.78, 5) is 9.40. The first-order valence-corrected chi connectivity index (χ1v) is 9.97. The molecule has 1 N–H and O–H groups in total. The molecule has 1 aliphatic carbocycles. The third kappa shape index (κ3) is 3.50. The average molecular weight is 410 g/mol. The van der Waals surface area contributed by atoms with Crippen molar-refractivity contribution in [1.82, 2.24) is 4.98 Å². The summed E-state index contributed by atoms with van der Waals surface area (Å²) in [6.45, 7) is 2.48. The Morgan fingerprint density at radius 1 is 1.00 bits per heavy atom. The lowest BCUT2D eigenvalue weighted by Gasteiger charge is -2.34. The van der Waals surface area contributed by atoms with Crippen LogP contribution in [0.1, 0.15) is 36.0 Å². The van der Waals surface area contributed by atoms with E-state index in [1.54, 1.807) is 27.5 Å². The Bertz CT molecular complexity index is 1000. The lowest BCUT2D eigenvalue weighted by atomic mass is 9.77. The molecular formula is C23H26N2O5. The van der Waals surface area contributed by atoms with Gasteiger partial charge >= 0.3 is 0 Å². The van der Waals surface area contributed by atoms with Gasteiger partial charge < -0.3 is 24.1 Å². The highest BCUT2D eigenvalue weighted by Crippen LogP contribution is 2.43. The van der Waals surface area contributed by atoms with E-state index >= 15 is 0 Å². The molecule has 3 atom stereocenters. The smallest absolute Gasteiger partial charge is 0.256 e. The molecule has 2 aliphatic rings. The maximum absolute atomic E-state index is 10.2. The summed E-state index contributed by atoms with van der Waals surface area (Å²) in [6.07, 6.45) is 5.63. The molecule has 1 aromatic heterocycles. The van der Waals surface area contributed by atoms with E-state index in [-0.39, 0.29) is 12.0 Å². The van der Waals surface area contributed by atoms with Gasteiger partial charge in [0.25, 0.3) is 5.88 Å². The number of nitrogens with zero attached hydrogens (tertiary/aromatic N) is 2. The molecule has 0 amide bonds. The fourth-order valence-electron chi connectivity index (χ4n) is 4.12. The van der Waals surface area contributed by atoms with Crippen molar-refractivity contribution < 1.29 is 24.1 Å². The van der Waals surface area contributed by atoms with Gasteiger partial charge in [0.1, 0.15) is 0 Å². The molecule has 30 heavy (non-hydrogen) atoms. The molecule has 1 aromatic carbocycles. The number of aliphatic hydroxyl groups is 1. The van der Waals surface area contributed by atoms with Crippen molar-refractivity contribution in [3.63, 3.8) is 0 Å². The van der Waals surface area contributed by atoms with E-state index in [2.05, 4.69) is 4.98 Å². The molecule has 0 saturated heterocycles. The van der Waals surface area contributed by atoms with Crippen molar-refractivity contribution in [3.05, 3.63) is 53.2 Å². The molecule has 0 bridgehead atoms. The quantitative estimate of drug-likeness (QED) is 0.737. The molecule has 0 fully saturated rings. The number of benzene rings is 1. The van der Waals surface area contributed by atoms with Gasteiger partial charge in [0, 0.05) is 23.2 Å². The third-order valence-corrected chi connectivity index (χ3v) is 5.51. The van der Waals surface area contributed by atoms with Crippen LogP contribution in [0.4, 0.5) is 0 Å². The summed E-state index contributed by atoms with van der Waals surface area (Å²) < 4.78 is 22.1. The van der Waals surface area contributed by atoms with Crippen LogP contribution in [-0.2, 0) is 0 Å². The first kappa shape index (κ1) is 20.2. The lowest BCUT2D eigenvalue weighted by Crippen LogP contribution is -2.31. The number of aliphatic imine (C=N–C) groups is 1. The van der Waals surface area contributed by atoms with Crippen molar-refractivity contribution in [3.8, 4) is 23.1 Å². The normalized spacial score (nSPS) is 21.9. The molecule has 0 saturated carbocycles. The van der Waals surface area contributed by atoms with Crippen LogP contribution in [0.2, 0.25) is 0 Å². The van der Waals surface area contributed by atoms with Gasteiger partial charge in [0.15, 0.2) is 17.2 Å². The van der Waals surface area contributed by atoms with Crippen LogP contribution >= 0.6 is 0 Å². The molecular weight excluding hydrogens is 384 g/mol. The van der Waals surface area contributed by atoms with E-state index < -0.39 is 6.10 Å². The number of fused-ring (bicyclic) bond motifs is 3. The molecule has 7 heteroatoms. The first-order valence-electron chi connectivity index (χ1n) is 9.97. The average Bonchev–Trinajstić information content (AvgIpc) is 2.78. The van der Waals surface area contributed by atoms with Crippen molar-refractivity contribution in [1.29, 1.82) is 0 Å². The Labute approximate surface area is 176 Å². The fraction of sp³-hybridized carbons (Fsp3) is 0.391. The Morgan fingerprint density at radius 3 is 2.50 bits per heavy atom. The van der Waals surface area contributed by atoms with E-state index in [9.17, 15) is 5.11 Å². The minimum absolute atomic E-state index is 0.0574. The maximum atomic E-state index is 10.2. The highest BCUT2D eigenvalue weighted by molar-refractivity contribution is 6.15. The predicted molar refractivity (Wildman–Crippen MR) is 113 cm³/mol. The second-order valence-electron chi connectivity index (χ2n) is 7.22. The summed E-state index contributed by atoms with van der Waals surface area (Å²) in [5, 5.41) is 10.2. The Kier molecular flexibility index (Phi) is 5.63. The van der Waals surface area contributed by atoms with E-state index in [4.69, 9.17) is 23.9 Å². The van der Waals surface area contributed by atoms with Crippen LogP contribution in [0, 0.1) is 0 Å². The second kappa shape index (κ2) is 8.36. The zero-order valence-electron chi connectivity index (χ0n) is 17.6. The molecule has 7 nitrogen and oxygen atoms in total. The summed E-state index contributed by atoms with van der Waals surface area (Å²) in [5.41, 5.74) is 3.63. The van der Waals surface area contributed by atoms with Crippen LogP contribution in [0.25, 0.3) is 0 Å². The number of hydrogen-bond donors (Lipinski definition) is 1. The highest BCUT2D eigenvalue weighted by atomic mass is 16.5. The van der Waals surface area contributed by atoms with E-state index in [1.807, 2.05) is 37.3 Å². The lowest BCUT2D eigenvalue weighted by molar-refractivity contribution is 0.190. The number of ether oxygens (including phenoxy) is 4. The summed E-state index contributed by atoms with van der Waals surface area (Å²) >= 11 is 0. The number of hydrogen-bond acceptors (Lipinski definition) is 7. The fourth-order valence-corrected chi connectivity index (χ4v) is 4.12. The van der Waals surface area contributed by atoms with Crippen LogP contribution in [-0.4, -0.2) is 55.9 Å². The van der Waals surface area contributed by atoms with Crippen molar-refractivity contribution in [2.24, 2.45) is 4.99 Å². The van der Waals surface area contributed by atoms with Crippen LogP contribution in [0.5, 0.6) is 23.1 Å². The van der Waals surface area contributed by atoms with Gasteiger partial charge in [-0.1, -0.05) is 12.2 Å². The number of aromatic nitrogens is 1. The van der Waals surface area contributed by atoms with Gasteiger partial charge in [-0.05, 0) is 37.1 Å². The molecule has 2 heterocycles. The van der Waals surface area contributed by atoms with E-state index in [0.29, 0.717) is 36.2 Å². The number of methoxy groups -OCH3 is 3. The summed E-state index contributed by atoms with van der Waals surface area (Å²) in [5.74, 6) is 2.34. The van der Waals surface area contributed by atoms with E-state index in [1.165, 1.54) is 0 Å². The SMILES string of the molecule is CCOc1cc2c(cc1OC)C(c1cnc(OC)c(OC)c1)=N[C@@H]1C=C[C@H](O)C[C@H]21. The number of aliphatic hydroxyl groups excluding tert-OH is 1. The van der Waals surface area contributed by atoms with Gasteiger partial charge in [-0.25, -0.2) is 4.98 Å². The molecule has 1 aliphatic heterocycles. The topological polar surface area (TPSA) is 82.4 Å². The van der Waals surface area contributed by atoms with E-state index in [0.717, 1.165) is 22.4 Å². The highest BCUT2D eigenvalue weighted by Gasteiger charge is 2.35. The van der Waals surface area contributed by atoms with Gasteiger partial charge in [-0.2, -0.15) is 0 Å². The number of pyridine rings is 1.